The minimum absolute atomic E-state index is 0.0649. The van der Waals surface area contributed by atoms with Gasteiger partial charge in [-0.15, -0.1) is 0 Å². The van der Waals surface area contributed by atoms with Crippen LogP contribution >= 0.6 is 0 Å². The van der Waals surface area contributed by atoms with Gasteiger partial charge in [0.25, 0.3) is 0 Å². The third kappa shape index (κ3) is 5.98. The van der Waals surface area contributed by atoms with E-state index in [1.807, 2.05) is 54.6 Å². The average Bonchev–Trinajstić information content (AvgIpc) is 2.73. The van der Waals surface area contributed by atoms with Crippen LogP contribution in [-0.2, 0) is 0 Å². The molecule has 3 rings (SSSR count). The van der Waals surface area contributed by atoms with Crippen LogP contribution in [0.1, 0.15) is 30.4 Å². The fourth-order valence-electron chi connectivity index (χ4n) is 3.27. The molecule has 0 aliphatic carbocycles. The molecular weight excluding hydrogens is 366 g/mol. The highest BCUT2D eigenvalue weighted by molar-refractivity contribution is 5.37. The largest absolute Gasteiger partial charge is 0.508 e. The van der Waals surface area contributed by atoms with E-state index in [0.29, 0.717) is 12.3 Å². The van der Waals surface area contributed by atoms with Crippen LogP contribution in [-0.4, -0.2) is 34.2 Å². The molecule has 0 bridgehead atoms. The third-order valence-corrected chi connectivity index (χ3v) is 4.81. The lowest BCUT2D eigenvalue weighted by atomic mass is 9.88. The number of hydrogen-bond donors (Lipinski definition) is 4. The highest BCUT2D eigenvalue weighted by Crippen LogP contribution is 2.30. The molecule has 152 valence electrons. The molecule has 4 N–H and O–H groups in total. The van der Waals surface area contributed by atoms with Gasteiger partial charge in [-0.2, -0.15) is 0 Å². The lowest BCUT2D eigenvalue weighted by Crippen LogP contribution is -2.43. The van der Waals surface area contributed by atoms with E-state index >= 15 is 0 Å². The molecule has 0 saturated heterocycles. The number of aliphatic hydroxyl groups excluding tert-OH is 1. The Bertz CT molecular complexity index is 818. The second kappa shape index (κ2) is 9.96. The number of hydrogen-bond acceptors (Lipinski definition) is 5. The maximum Gasteiger partial charge on any atom is 0.176 e. The van der Waals surface area contributed by atoms with Crippen LogP contribution in [0.15, 0.2) is 78.9 Å². The number of nitrogens with one attached hydrogen (secondary N) is 1. The number of benzene rings is 3. The summed E-state index contributed by atoms with van der Waals surface area (Å²) in [5, 5.41) is 32.6. The van der Waals surface area contributed by atoms with E-state index in [9.17, 15) is 15.3 Å². The van der Waals surface area contributed by atoms with Crippen molar-refractivity contribution in [1.82, 2.24) is 5.32 Å². The van der Waals surface area contributed by atoms with Gasteiger partial charge in [0.2, 0.25) is 0 Å². The molecule has 5 nitrogen and oxygen atoms in total. The van der Waals surface area contributed by atoms with Crippen molar-refractivity contribution in [3.63, 3.8) is 0 Å². The summed E-state index contributed by atoms with van der Waals surface area (Å²) in [4.78, 5) is 0. The zero-order chi connectivity index (χ0) is 20.6. The van der Waals surface area contributed by atoms with Crippen LogP contribution in [0.4, 0.5) is 0 Å². The molecule has 0 saturated carbocycles. The fraction of sp³-hybridized carbons (Fsp3) is 0.250. The fourth-order valence-corrected chi connectivity index (χ4v) is 3.27. The maximum absolute atomic E-state index is 10.1. The quantitative estimate of drug-likeness (QED) is 0.413. The van der Waals surface area contributed by atoms with Gasteiger partial charge < -0.3 is 20.1 Å². The van der Waals surface area contributed by atoms with E-state index in [4.69, 9.17) is 4.74 Å². The molecule has 0 aliphatic heterocycles. The molecule has 2 atom stereocenters. The number of phenolic OH excluding ortho intramolecular Hbond substituents is 2. The third-order valence-electron chi connectivity index (χ3n) is 4.81. The summed E-state index contributed by atoms with van der Waals surface area (Å²) in [5.41, 5.74) is 2.13. The number of ether oxygens (including phenoxy) is 1. The lowest BCUT2D eigenvalue weighted by molar-refractivity contribution is 0.0268. The summed E-state index contributed by atoms with van der Waals surface area (Å²) >= 11 is 0. The molecule has 0 radical (unpaired) electrons. The van der Waals surface area contributed by atoms with Crippen LogP contribution in [0.3, 0.4) is 0 Å². The van der Waals surface area contributed by atoms with Gasteiger partial charge in [-0.25, -0.2) is 0 Å². The zero-order valence-electron chi connectivity index (χ0n) is 16.4. The summed E-state index contributed by atoms with van der Waals surface area (Å²) in [6.07, 6.45) is -0.467. The number of aliphatic hydroxyl groups is 1. The molecule has 0 spiro atoms. The molecule has 5 heteroatoms. The van der Waals surface area contributed by atoms with Gasteiger partial charge in [0.05, 0.1) is 0 Å². The molecule has 3 aromatic carbocycles. The molecule has 3 aromatic rings. The summed E-state index contributed by atoms with van der Waals surface area (Å²) in [6, 6.07) is 23.7. The molecule has 0 amide bonds. The Morgan fingerprint density at radius 3 is 1.79 bits per heavy atom. The Hall–Kier alpha value is -3.02. The predicted molar refractivity (Wildman–Crippen MR) is 113 cm³/mol. The Labute approximate surface area is 171 Å². The monoisotopic (exact) mass is 393 g/mol. The highest BCUT2D eigenvalue weighted by atomic mass is 16.5. The second-order valence-electron chi connectivity index (χ2n) is 7.07. The van der Waals surface area contributed by atoms with Gasteiger partial charge in [-0.05, 0) is 67.4 Å². The van der Waals surface area contributed by atoms with Crippen molar-refractivity contribution in [2.45, 2.75) is 31.6 Å². The Morgan fingerprint density at radius 1 is 0.793 bits per heavy atom. The number of phenols is 2. The maximum atomic E-state index is 10.1. The normalized spacial score (nSPS) is 13.2. The molecule has 2 unspecified atom stereocenters. The number of para-hydroxylation sites is 1. The van der Waals surface area contributed by atoms with Gasteiger partial charge in [0, 0.05) is 5.92 Å². The van der Waals surface area contributed by atoms with Crippen LogP contribution in [0.5, 0.6) is 17.2 Å². The van der Waals surface area contributed by atoms with E-state index in [2.05, 4.69) is 5.32 Å². The molecule has 0 fully saturated rings. The van der Waals surface area contributed by atoms with E-state index in [0.717, 1.165) is 17.5 Å². The van der Waals surface area contributed by atoms with Crippen LogP contribution in [0.25, 0.3) is 0 Å². The topological polar surface area (TPSA) is 82.0 Å². The van der Waals surface area contributed by atoms with Crippen LogP contribution in [0.2, 0.25) is 0 Å². The van der Waals surface area contributed by atoms with E-state index in [1.165, 1.54) is 0 Å². The van der Waals surface area contributed by atoms with E-state index < -0.39 is 12.3 Å². The van der Waals surface area contributed by atoms with Crippen molar-refractivity contribution in [1.29, 1.82) is 0 Å². The SMILES string of the molecule is CC(O)C(NCCC(c1ccc(O)cc1)c1ccc(O)cc1)Oc1ccccc1. The second-order valence-corrected chi connectivity index (χ2v) is 7.07. The minimum Gasteiger partial charge on any atom is -0.508 e. The Kier molecular flexibility index (Phi) is 7.11. The van der Waals surface area contributed by atoms with Crippen molar-refractivity contribution in [2.75, 3.05) is 6.54 Å². The number of rotatable bonds is 9. The molecule has 29 heavy (non-hydrogen) atoms. The highest BCUT2D eigenvalue weighted by Gasteiger charge is 2.19. The van der Waals surface area contributed by atoms with E-state index in [1.54, 1.807) is 31.2 Å². The number of aromatic hydroxyl groups is 2. The van der Waals surface area contributed by atoms with Crippen molar-refractivity contribution in [3.8, 4) is 17.2 Å². The van der Waals surface area contributed by atoms with Crippen molar-refractivity contribution >= 4 is 0 Å². The standard InChI is InChI=1S/C24H27NO4/c1-17(26)24(29-22-5-3-2-4-6-22)25-16-15-23(18-7-11-20(27)12-8-18)19-9-13-21(28)14-10-19/h2-14,17,23-28H,15-16H2,1H3. The molecule has 0 aliphatic rings. The minimum atomic E-state index is -0.684. The lowest BCUT2D eigenvalue weighted by Gasteiger charge is -2.25. The average molecular weight is 393 g/mol. The first-order chi connectivity index (χ1) is 14.0. The molecule has 0 aromatic heterocycles. The van der Waals surface area contributed by atoms with Gasteiger partial charge >= 0.3 is 0 Å². The van der Waals surface area contributed by atoms with Crippen molar-refractivity contribution in [3.05, 3.63) is 90.0 Å². The zero-order valence-corrected chi connectivity index (χ0v) is 16.4. The molecular formula is C24H27NO4. The van der Waals surface area contributed by atoms with Gasteiger partial charge in [0.15, 0.2) is 6.23 Å². The van der Waals surface area contributed by atoms with Crippen molar-refractivity contribution in [2.24, 2.45) is 0 Å². The first-order valence-electron chi connectivity index (χ1n) is 9.74. The van der Waals surface area contributed by atoms with E-state index in [-0.39, 0.29) is 17.4 Å². The Balaban J connectivity index is 1.70. The van der Waals surface area contributed by atoms with Gasteiger partial charge in [0.1, 0.15) is 23.4 Å². The van der Waals surface area contributed by atoms with Crippen LogP contribution < -0.4 is 10.1 Å². The summed E-state index contributed by atoms with van der Waals surface area (Å²) < 4.78 is 5.87. The Morgan fingerprint density at radius 2 is 1.31 bits per heavy atom. The predicted octanol–water partition coefficient (Wildman–Crippen LogP) is 4.00. The van der Waals surface area contributed by atoms with Gasteiger partial charge in [-0.1, -0.05) is 42.5 Å². The molecule has 0 heterocycles. The first kappa shape index (κ1) is 20.7. The van der Waals surface area contributed by atoms with Crippen LogP contribution in [0, 0.1) is 0 Å². The first-order valence-corrected chi connectivity index (χ1v) is 9.74. The summed E-state index contributed by atoms with van der Waals surface area (Å²) in [6.45, 7) is 2.30. The summed E-state index contributed by atoms with van der Waals surface area (Å²) in [5.74, 6) is 1.21. The van der Waals surface area contributed by atoms with Crippen molar-refractivity contribution < 1.29 is 20.1 Å². The van der Waals surface area contributed by atoms with Gasteiger partial charge in [-0.3, -0.25) is 5.32 Å². The smallest absolute Gasteiger partial charge is 0.176 e. The summed E-state index contributed by atoms with van der Waals surface area (Å²) in [7, 11) is 0.